The number of carbonyl (C=O) groups excluding carboxylic acids is 2. The van der Waals surface area contributed by atoms with E-state index in [0.29, 0.717) is 29.4 Å². The number of esters is 2. The molecule has 4 heteroatoms. The molecule has 6 atom stereocenters. The molecule has 0 radical (unpaired) electrons. The van der Waals surface area contributed by atoms with Crippen molar-refractivity contribution in [2.24, 2.45) is 35.5 Å². The summed E-state index contributed by atoms with van der Waals surface area (Å²) in [6, 6.07) is 9.31. The van der Waals surface area contributed by atoms with Gasteiger partial charge in [-0.1, -0.05) is 48.9 Å². The number of rotatable bonds is 4. The zero-order chi connectivity index (χ0) is 21.9. The van der Waals surface area contributed by atoms with E-state index in [1.807, 2.05) is 30.3 Å². The second kappa shape index (κ2) is 9.64. The summed E-state index contributed by atoms with van der Waals surface area (Å²) < 4.78 is 11.0. The van der Waals surface area contributed by atoms with Gasteiger partial charge in [-0.25, -0.2) is 0 Å². The maximum absolute atomic E-state index is 12.0. The van der Waals surface area contributed by atoms with E-state index in [1.54, 1.807) is 0 Å². The van der Waals surface area contributed by atoms with Gasteiger partial charge in [0.2, 0.25) is 0 Å². The molecule has 6 unspecified atom stereocenters. The van der Waals surface area contributed by atoms with Gasteiger partial charge in [-0.3, -0.25) is 9.59 Å². The summed E-state index contributed by atoms with van der Waals surface area (Å²) in [6.45, 7) is 0. The van der Waals surface area contributed by atoms with Crippen molar-refractivity contribution in [3.05, 3.63) is 54.6 Å². The van der Waals surface area contributed by atoms with E-state index in [4.69, 9.17) is 9.47 Å². The monoisotopic (exact) mass is 434 g/mol. The van der Waals surface area contributed by atoms with Crippen LogP contribution in [-0.4, -0.2) is 18.0 Å². The van der Waals surface area contributed by atoms with Gasteiger partial charge in [0, 0.05) is 0 Å². The molecule has 3 saturated carbocycles. The molecule has 1 aromatic carbocycles. The van der Waals surface area contributed by atoms with Crippen molar-refractivity contribution < 1.29 is 19.1 Å². The summed E-state index contributed by atoms with van der Waals surface area (Å²) in [6.07, 6.45) is 19.4. The van der Waals surface area contributed by atoms with Crippen LogP contribution in [0.5, 0.6) is 5.75 Å². The van der Waals surface area contributed by atoms with Gasteiger partial charge in [0.05, 0.1) is 11.8 Å². The Hall–Kier alpha value is -2.36. The van der Waals surface area contributed by atoms with Crippen molar-refractivity contribution >= 4 is 11.9 Å². The van der Waals surface area contributed by atoms with Crippen LogP contribution >= 0.6 is 0 Å². The Balaban J connectivity index is 0.000000135. The van der Waals surface area contributed by atoms with Crippen LogP contribution in [0.1, 0.15) is 57.8 Å². The van der Waals surface area contributed by atoms with Gasteiger partial charge in [0.25, 0.3) is 0 Å². The molecule has 0 N–H and O–H groups in total. The van der Waals surface area contributed by atoms with E-state index in [-0.39, 0.29) is 29.9 Å². The van der Waals surface area contributed by atoms with Gasteiger partial charge in [-0.05, 0) is 87.2 Å². The normalized spacial score (nSPS) is 34.2. The summed E-state index contributed by atoms with van der Waals surface area (Å²) in [5.74, 6) is 3.10. The Bertz CT molecular complexity index is 867. The van der Waals surface area contributed by atoms with Gasteiger partial charge >= 0.3 is 11.9 Å². The van der Waals surface area contributed by atoms with Crippen LogP contribution in [0, 0.1) is 35.5 Å². The third-order valence-electron chi connectivity index (χ3n) is 7.96. The number of para-hydroxylation sites is 1. The Morgan fingerprint density at radius 3 is 1.81 bits per heavy atom. The molecule has 5 aliphatic carbocycles. The molecule has 6 rings (SSSR count). The van der Waals surface area contributed by atoms with E-state index in [0.717, 1.165) is 32.1 Å². The number of ether oxygens (including phenoxy) is 2. The molecule has 0 spiro atoms. The van der Waals surface area contributed by atoms with Crippen LogP contribution in [0.3, 0.4) is 0 Å². The first-order valence-electron chi connectivity index (χ1n) is 12.5. The van der Waals surface area contributed by atoms with Gasteiger partial charge < -0.3 is 9.47 Å². The van der Waals surface area contributed by atoms with Crippen LogP contribution in [-0.2, 0) is 14.3 Å². The zero-order valence-corrected chi connectivity index (χ0v) is 18.7. The summed E-state index contributed by atoms with van der Waals surface area (Å²) in [7, 11) is 0. The minimum absolute atomic E-state index is 0.0666. The van der Waals surface area contributed by atoms with Crippen LogP contribution in [0.2, 0.25) is 0 Å². The lowest BCUT2D eigenvalue weighted by Gasteiger charge is -2.25. The van der Waals surface area contributed by atoms with E-state index in [9.17, 15) is 9.59 Å². The van der Waals surface area contributed by atoms with Crippen LogP contribution in [0.4, 0.5) is 0 Å². The molecular weight excluding hydrogens is 400 g/mol. The van der Waals surface area contributed by atoms with Gasteiger partial charge in [0.1, 0.15) is 11.9 Å². The maximum Gasteiger partial charge on any atom is 0.314 e. The quantitative estimate of drug-likeness (QED) is 0.337. The first-order valence-corrected chi connectivity index (χ1v) is 12.5. The predicted octanol–water partition coefficient (Wildman–Crippen LogP) is 5.88. The number of allylic oxidation sites excluding steroid dienone is 4. The van der Waals surface area contributed by atoms with Crippen molar-refractivity contribution in [1.29, 1.82) is 0 Å². The standard InChI is InChI=1S/C14H20O2.C14H14O2/c2*15-14(16-12-4-2-1-3-5-12)13-9-10-6-7-11(13)8-10/h6-7,10-13H,1-5,8-9H2;1-7,10-11,13H,8-9H2. The molecule has 170 valence electrons. The summed E-state index contributed by atoms with van der Waals surface area (Å²) in [5.41, 5.74) is 0. The SMILES string of the molecule is O=C(OC1CCCCC1)C1CC2C=CC1C2.O=C(Oc1ccccc1)C1CC2C=CC1C2. The molecule has 0 aliphatic heterocycles. The lowest BCUT2D eigenvalue weighted by molar-refractivity contribution is -0.156. The highest BCUT2D eigenvalue weighted by Crippen LogP contribution is 2.45. The first-order chi connectivity index (χ1) is 15.7. The van der Waals surface area contributed by atoms with E-state index in [1.165, 1.54) is 25.7 Å². The van der Waals surface area contributed by atoms with Crippen LogP contribution in [0.15, 0.2) is 54.6 Å². The predicted molar refractivity (Wildman–Crippen MR) is 123 cm³/mol. The average molecular weight is 435 g/mol. The van der Waals surface area contributed by atoms with Crippen LogP contribution in [0.25, 0.3) is 0 Å². The van der Waals surface area contributed by atoms with Gasteiger partial charge in [0.15, 0.2) is 0 Å². The minimum Gasteiger partial charge on any atom is -0.462 e. The molecule has 4 bridgehead atoms. The van der Waals surface area contributed by atoms with Gasteiger partial charge in [-0.2, -0.15) is 0 Å². The smallest absolute Gasteiger partial charge is 0.314 e. The third-order valence-corrected chi connectivity index (χ3v) is 7.96. The molecule has 3 fully saturated rings. The highest BCUT2D eigenvalue weighted by Gasteiger charge is 2.42. The second-order valence-corrected chi connectivity index (χ2v) is 10.2. The second-order valence-electron chi connectivity index (χ2n) is 10.2. The Morgan fingerprint density at radius 2 is 1.28 bits per heavy atom. The summed E-state index contributed by atoms with van der Waals surface area (Å²) in [4.78, 5) is 24.0. The molecule has 32 heavy (non-hydrogen) atoms. The highest BCUT2D eigenvalue weighted by molar-refractivity contribution is 5.76. The largest absolute Gasteiger partial charge is 0.462 e. The molecule has 0 saturated heterocycles. The van der Waals surface area contributed by atoms with E-state index < -0.39 is 0 Å². The number of hydrogen-bond donors (Lipinski definition) is 0. The number of carbonyl (C=O) groups is 2. The van der Waals surface area contributed by atoms with Crippen molar-refractivity contribution in [2.45, 2.75) is 63.9 Å². The topological polar surface area (TPSA) is 52.6 Å². The molecule has 0 aromatic heterocycles. The van der Waals surface area contributed by atoms with Crippen LogP contribution < -0.4 is 4.74 Å². The minimum atomic E-state index is -0.0666. The van der Waals surface area contributed by atoms with E-state index in [2.05, 4.69) is 24.3 Å². The maximum atomic E-state index is 12.0. The lowest BCUT2D eigenvalue weighted by Crippen LogP contribution is -2.28. The Kier molecular flexibility index (Phi) is 6.47. The molecular formula is C28H34O4. The first kappa shape index (κ1) is 21.5. The van der Waals surface area contributed by atoms with Crippen molar-refractivity contribution in [1.82, 2.24) is 0 Å². The van der Waals surface area contributed by atoms with Crippen molar-refractivity contribution in [3.8, 4) is 5.75 Å². The fourth-order valence-corrected chi connectivity index (χ4v) is 6.22. The number of hydrogen-bond acceptors (Lipinski definition) is 4. The molecule has 5 aliphatic rings. The third kappa shape index (κ3) is 4.84. The van der Waals surface area contributed by atoms with Crippen molar-refractivity contribution in [3.63, 3.8) is 0 Å². The number of fused-ring (bicyclic) bond motifs is 4. The van der Waals surface area contributed by atoms with E-state index >= 15 is 0 Å². The average Bonchev–Trinajstić information content (AvgIpc) is 3.63. The summed E-state index contributed by atoms with van der Waals surface area (Å²) >= 11 is 0. The fraction of sp³-hybridized carbons (Fsp3) is 0.571. The van der Waals surface area contributed by atoms with Gasteiger partial charge in [-0.15, -0.1) is 0 Å². The van der Waals surface area contributed by atoms with Crippen molar-refractivity contribution in [2.75, 3.05) is 0 Å². The lowest BCUT2D eigenvalue weighted by atomic mass is 9.93. The molecule has 1 aromatic rings. The highest BCUT2D eigenvalue weighted by atomic mass is 16.5. The molecule has 0 amide bonds. The summed E-state index contributed by atoms with van der Waals surface area (Å²) in [5, 5.41) is 0. The Labute approximate surface area is 191 Å². The zero-order valence-electron chi connectivity index (χ0n) is 18.7. The molecule has 0 heterocycles. The molecule has 4 nitrogen and oxygen atoms in total. The number of benzene rings is 1. The Morgan fingerprint density at radius 1 is 0.688 bits per heavy atom. The fourth-order valence-electron chi connectivity index (χ4n) is 6.22.